The van der Waals surface area contributed by atoms with Crippen LogP contribution in [0.2, 0.25) is 0 Å². The zero-order valence-corrected chi connectivity index (χ0v) is 12.2. The van der Waals surface area contributed by atoms with E-state index in [1.807, 2.05) is 6.92 Å². The molecule has 1 aliphatic rings. The lowest BCUT2D eigenvalue weighted by Crippen LogP contribution is -2.43. The quantitative estimate of drug-likeness (QED) is 0.554. The van der Waals surface area contributed by atoms with Gasteiger partial charge in [0.05, 0.1) is 19.1 Å². The molecule has 6 nitrogen and oxygen atoms in total. The monoisotopic (exact) mass is 290 g/mol. The molecule has 0 saturated carbocycles. The van der Waals surface area contributed by atoms with Crippen LogP contribution in [0, 0.1) is 5.92 Å². The minimum absolute atomic E-state index is 0.0209. The number of carbonyl (C=O) groups is 1. The fourth-order valence-corrected chi connectivity index (χ4v) is 2.35. The molecule has 1 rings (SSSR count). The lowest BCUT2D eigenvalue weighted by atomic mass is 9.99. The zero-order chi connectivity index (χ0) is 15.1. The maximum absolute atomic E-state index is 12.1. The zero-order valence-electron chi connectivity index (χ0n) is 12.2. The van der Waals surface area contributed by atoms with Gasteiger partial charge in [0, 0.05) is 0 Å². The normalized spacial score (nSPS) is 29.1. The fraction of sp³-hybridized carbons (Fsp3) is 0.929. The van der Waals surface area contributed by atoms with Crippen LogP contribution in [0.1, 0.15) is 39.5 Å². The van der Waals surface area contributed by atoms with Crippen LogP contribution in [0.3, 0.4) is 0 Å². The van der Waals surface area contributed by atoms with Gasteiger partial charge in [-0.15, -0.1) is 0 Å². The highest BCUT2D eigenvalue weighted by Crippen LogP contribution is 2.22. The Bertz CT molecular complexity index is 295. The van der Waals surface area contributed by atoms with E-state index in [-0.39, 0.29) is 18.5 Å². The summed E-state index contributed by atoms with van der Waals surface area (Å²) in [6, 6.07) is 0. The number of hydrogen-bond donors (Lipinski definition) is 3. The number of ether oxygens (including phenoxy) is 2. The van der Waals surface area contributed by atoms with E-state index < -0.39 is 31.0 Å². The second kappa shape index (κ2) is 8.56. The molecular weight excluding hydrogens is 264 g/mol. The maximum atomic E-state index is 12.1. The van der Waals surface area contributed by atoms with Crippen molar-refractivity contribution in [1.29, 1.82) is 0 Å². The first-order chi connectivity index (χ1) is 9.54. The number of carbonyl (C=O) groups excluding carboxylic acids is 1. The van der Waals surface area contributed by atoms with Crippen LogP contribution in [-0.2, 0) is 14.3 Å². The third kappa shape index (κ3) is 4.41. The smallest absolute Gasteiger partial charge is 0.309 e. The first-order valence-electron chi connectivity index (χ1n) is 7.34. The Hall–Kier alpha value is -0.690. The maximum Gasteiger partial charge on any atom is 0.309 e. The van der Waals surface area contributed by atoms with Gasteiger partial charge in [0.25, 0.3) is 0 Å². The second-order valence-corrected chi connectivity index (χ2v) is 5.26. The third-order valence-corrected chi connectivity index (χ3v) is 3.74. The molecule has 1 heterocycles. The summed E-state index contributed by atoms with van der Waals surface area (Å²) in [5.41, 5.74) is 0. The first kappa shape index (κ1) is 17.4. The highest BCUT2D eigenvalue weighted by molar-refractivity contribution is 5.72. The fourth-order valence-electron chi connectivity index (χ4n) is 2.35. The van der Waals surface area contributed by atoms with E-state index in [0.717, 1.165) is 19.3 Å². The SMILES string of the molecule is CCCCC(CC)C(=O)O[C@H](CO)[C@H]1OC[C@H](O)[C@H]1O. The molecule has 118 valence electrons. The summed E-state index contributed by atoms with van der Waals surface area (Å²) in [4.78, 5) is 12.1. The van der Waals surface area contributed by atoms with Crippen molar-refractivity contribution in [2.45, 2.75) is 63.9 Å². The van der Waals surface area contributed by atoms with Crippen LogP contribution in [0.5, 0.6) is 0 Å². The molecule has 0 amide bonds. The summed E-state index contributed by atoms with van der Waals surface area (Å²) in [6.07, 6.45) is -0.588. The van der Waals surface area contributed by atoms with Crippen molar-refractivity contribution in [2.75, 3.05) is 13.2 Å². The van der Waals surface area contributed by atoms with E-state index in [1.165, 1.54) is 0 Å². The van der Waals surface area contributed by atoms with Crippen LogP contribution >= 0.6 is 0 Å². The van der Waals surface area contributed by atoms with E-state index in [2.05, 4.69) is 6.92 Å². The van der Waals surface area contributed by atoms with Crippen molar-refractivity contribution in [1.82, 2.24) is 0 Å². The highest BCUT2D eigenvalue weighted by atomic mass is 16.6. The Morgan fingerprint density at radius 2 is 2.10 bits per heavy atom. The van der Waals surface area contributed by atoms with Crippen LogP contribution in [0.15, 0.2) is 0 Å². The van der Waals surface area contributed by atoms with Gasteiger partial charge in [-0.2, -0.15) is 0 Å². The van der Waals surface area contributed by atoms with E-state index in [4.69, 9.17) is 9.47 Å². The molecule has 0 aromatic rings. The number of unbranched alkanes of at least 4 members (excludes halogenated alkanes) is 1. The standard InChI is InChI=1S/C14H26O6/c1-3-5-6-9(4-2)14(18)20-11(7-15)13-12(17)10(16)8-19-13/h9-13,15-17H,3-8H2,1-2H3/t9?,10-,11+,12+,13+/m0/s1. The highest BCUT2D eigenvalue weighted by Gasteiger charge is 2.41. The van der Waals surface area contributed by atoms with Crippen molar-refractivity contribution in [3.8, 4) is 0 Å². The average Bonchev–Trinajstić information content (AvgIpc) is 2.77. The van der Waals surface area contributed by atoms with E-state index in [9.17, 15) is 20.1 Å². The van der Waals surface area contributed by atoms with Crippen LogP contribution < -0.4 is 0 Å². The molecule has 1 aliphatic heterocycles. The van der Waals surface area contributed by atoms with Gasteiger partial charge in [0.2, 0.25) is 0 Å². The molecule has 3 N–H and O–H groups in total. The molecule has 20 heavy (non-hydrogen) atoms. The van der Waals surface area contributed by atoms with Gasteiger partial charge in [-0.3, -0.25) is 4.79 Å². The van der Waals surface area contributed by atoms with Crippen molar-refractivity contribution in [2.24, 2.45) is 5.92 Å². The van der Waals surface area contributed by atoms with Crippen LogP contribution in [-0.4, -0.2) is 58.9 Å². The molecule has 1 fully saturated rings. The lowest BCUT2D eigenvalue weighted by Gasteiger charge is -2.25. The van der Waals surface area contributed by atoms with Crippen molar-refractivity contribution >= 4 is 5.97 Å². The van der Waals surface area contributed by atoms with Crippen LogP contribution in [0.4, 0.5) is 0 Å². The largest absolute Gasteiger partial charge is 0.457 e. The summed E-state index contributed by atoms with van der Waals surface area (Å²) < 4.78 is 10.5. The van der Waals surface area contributed by atoms with Gasteiger partial charge >= 0.3 is 5.97 Å². The van der Waals surface area contributed by atoms with Gasteiger partial charge in [0.15, 0.2) is 6.10 Å². The number of aliphatic hydroxyl groups is 3. The minimum Gasteiger partial charge on any atom is -0.457 e. The molecule has 0 radical (unpaired) electrons. The van der Waals surface area contributed by atoms with Gasteiger partial charge in [0.1, 0.15) is 18.3 Å². The Balaban J connectivity index is 2.56. The topological polar surface area (TPSA) is 96.2 Å². The van der Waals surface area contributed by atoms with Crippen molar-refractivity contribution < 1.29 is 29.6 Å². The van der Waals surface area contributed by atoms with E-state index >= 15 is 0 Å². The molecule has 1 saturated heterocycles. The molecule has 6 heteroatoms. The van der Waals surface area contributed by atoms with Gasteiger partial charge < -0.3 is 24.8 Å². The van der Waals surface area contributed by atoms with Crippen molar-refractivity contribution in [3.63, 3.8) is 0 Å². The molecule has 0 bridgehead atoms. The van der Waals surface area contributed by atoms with E-state index in [0.29, 0.717) is 6.42 Å². The van der Waals surface area contributed by atoms with Gasteiger partial charge in [-0.1, -0.05) is 26.7 Å². The summed E-state index contributed by atoms with van der Waals surface area (Å²) in [5.74, 6) is -0.579. The molecule has 1 unspecified atom stereocenters. The number of aliphatic hydroxyl groups excluding tert-OH is 3. The summed E-state index contributed by atoms with van der Waals surface area (Å²) >= 11 is 0. The predicted molar refractivity (Wildman–Crippen MR) is 72.0 cm³/mol. The van der Waals surface area contributed by atoms with E-state index in [1.54, 1.807) is 0 Å². The number of hydrogen-bond acceptors (Lipinski definition) is 6. The van der Waals surface area contributed by atoms with Gasteiger partial charge in [-0.05, 0) is 12.8 Å². The predicted octanol–water partition coefficient (Wildman–Crippen LogP) is 0.227. The lowest BCUT2D eigenvalue weighted by molar-refractivity contribution is -0.168. The Morgan fingerprint density at radius 3 is 2.55 bits per heavy atom. The molecule has 0 spiro atoms. The van der Waals surface area contributed by atoms with Crippen molar-refractivity contribution in [3.05, 3.63) is 0 Å². The average molecular weight is 290 g/mol. The van der Waals surface area contributed by atoms with Crippen LogP contribution in [0.25, 0.3) is 0 Å². The minimum atomic E-state index is -1.14. The summed E-state index contributed by atoms with van der Waals surface area (Å²) in [7, 11) is 0. The second-order valence-electron chi connectivity index (χ2n) is 5.26. The molecule has 5 atom stereocenters. The number of rotatable bonds is 8. The Morgan fingerprint density at radius 1 is 1.40 bits per heavy atom. The Labute approximate surface area is 119 Å². The summed E-state index contributed by atoms with van der Waals surface area (Å²) in [6.45, 7) is 3.51. The summed E-state index contributed by atoms with van der Waals surface area (Å²) in [5, 5.41) is 28.5. The third-order valence-electron chi connectivity index (χ3n) is 3.74. The number of esters is 1. The molecule has 0 aromatic carbocycles. The molecule has 0 aliphatic carbocycles. The van der Waals surface area contributed by atoms with Gasteiger partial charge in [-0.25, -0.2) is 0 Å². The molecule has 0 aromatic heterocycles. The Kier molecular flexibility index (Phi) is 7.43. The molecular formula is C14H26O6. The first-order valence-corrected chi connectivity index (χ1v) is 7.34.